The van der Waals surface area contributed by atoms with Crippen LogP contribution in [-0.4, -0.2) is 77.5 Å². The Morgan fingerprint density at radius 2 is 1.89 bits per heavy atom. The fraction of sp³-hybridized carbons (Fsp3) is 0.621. The number of nitrogens with zero attached hydrogens (tertiary/aromatic N) is 2. The molecule has 1 aromatic rings. The van der Waals surface area contributed by atoms with Gasteiger partial charge in [0.2, 0.25) is 17.7 Å². The summed E-state index contributed by atoms with van der Waals surface area (Å²) in [7, 11) is 0. The summed E-state index contributed by atoms with van der Waals surface area (Å²) in [5, 5.41) is 6.74. The van der Waals surface area contributed by atoms with E-state index in [1.807, 2.05) is 25.1 Å². The molecule has 3 amide bonds. The number of benzene rings is 1. The van der Waals surface area contributed by atoms with Gasteiger partial charge >= 0.3 is 0 Å². The Kier molecular flexibility index (Phi) is 7.85. The van der Waals surface area contributed by atoms with Crippen LogP contribution in [0.2, 0.25) is 5.02 Å². The molecule has 3 fully saturated rings. The summed E-state index contributed by atoms with van der Waals surface area (Å²) >= 11 is 6.27. The molecule has 5 unspecified atom stereocenters. The fourth-order valence-electron chi connectivity index (χ4n) is 6.72. The van der Waals surface area contributed by atoms with E-state index in [0.29, 0.717) is 23.8 Å². The predicted octanol–water partition coefficient (Wildman–Crippen LogP) is 3.53. The van der Waals surface area contributed by atoms with Gasteiger partial charge in [-0.05, 0) is 50.6 Å². The lowest BCUT2D eigenvalue weighted by molar-refractivity contribution is -0.141. The van der Waals surface area contributed by atoms with Crippen molar-refractivity contribution in [3.8, 4) is 0 Å². The number of nitrogens with one attached hydrogen (secondary N) is 2. The summed E-state index contributed by atoms with van der Waals surface area (Å²) in [6.45, 7) is 8.84. The van der Waals surface area contributed by atoms with Crippen molar-refractivity contribution in [1.82, 2.24) is 15.1 Å². The van der Waals surface area contributed by atoms with Crippen LogP contribution < -0.4 is 10.6 Å². The summed E-state index contributed by atoms with van der Waals surface area (Å²) in [6, 6.07) is 4.66. The van der Waals surface area contributed by atoms with Crippen LogP contribution in [0.5, 0.6) is 0 Å². The Morgan fingerprint density at radius 3 is 2.58 bits per heavy atom. The molecule has 2 saturated heterocycles. The van der Waals surface area contributed by atoms with Crippen molar-refractivity contribution in [3.05, 3.63) is 40.9 Å². The molecule has 3 heterocycles. The van der Waals surface area contributed by atoms with Gasteiger partial charge in [-0.2, -0.15) is 0 Å². The zero-order valence-electron chi connectivity index (χ0n) is 22.5. The van der Waals surface area contributed by atoms with Crippen molar-refractivity contribution >= 4 is 35.0 Å². The van der Waals surface area contributed by atoms with Crippen LogP contribution in [-0.2, 0) is 19.1 Å². The number of carbonyl (C=O) groups excluding carboxylic acids is 3. The Morgan fingerprint density at radius 1 is 1.16 bits per heavy atom. The maximum Gasteiger partial charge on any atom is 0.246 e. The Bertz CT molecular complexity index is 1120. The van der Waals surface area contributed by atoms with Gasteiger partial charge < -0.3 is 25.2 Å². The number of hydrogen-bond donors (Lipinski definition) is 2. The van der Waals surface area contributed by atoms with Gasteiger partial charge in [0.05, 0.1) is 17.9 Å². The van der Waals surface area contributed by atoms with Gasteiger partial charge in [0.1, 0.15) is 11.6 Å². The molecule has 1 aromatic carbocycles. The van der Waals surface area contributed by atoms with Crippen molar-refractivity contribution in [3.63, 3.8) is 0 Å². The third-order valence-corrected chi connectivity index (χ3v) is 9.27. The zero-order valence-corrected chi connectivity index (χ0v) is 23.3. The van der Waals surface area contributed by atoms with E-state index in [1.54, 1.807) is 17.0 Å². The maximum atomic E-state index is 14.0. The first kappa shape index (κ1) is 27.2. The molecule has 3 aliphatic heterocycles. The Labute approximate surface area is 230 Å². The second kappa shape index (κ2) is 11.0. The van der Waals surface area contributed by atoms with Gasteiger partial charge in [-0.15, -0.1) is 0 Å². The van der Waals surface area contributed by atoms with Gasteiger partial charge in [0.15, 0.2) is 0 Å². The summed E-state index contributed by atoms with van der Waals surface area (Å²) in [5.41, 5.74) is 0.342. The first-order valence-electron chi connectivity index (χ1n) is 14.1. The lowest BCUT2D eigenvalue weighted by Gasteiger charge is -2.34. The highest BCUT2D eigenvalue weighted by molar-refractivity contribution is 6.31. The van der Waals surface area contributed by atoms with E-state index < -0.39 is 29.6 Å². The van der Waals surface area contributed by atoms with Crippen LogP contribution in [0.4, 0.5) is 5.69 Å². The molecule has 5 rings (SSSR count). The van der Waals surface area contributed by atoms with Crippen LogP contribution >= 0.6 is 11.6 Å². The SMILES string of the molecule is CCN(CC)CCN1C(=O)C2C(C(=O)Nc3ccc(C)c(Cl)c3)C3C=CC2(O3)C1C(=O)NC1CCCCC1. The third-order valence-electron chi connectivity index (χ3n) is 8.87. The third kappa shape index (κ3) is 4.75. The molecular weight excluding hydrogens is 504 g/mol. The second-order valence-corrected chi connectivity index (χ2v) is 11.5. The van der Waals surface area contributed by atoms with Crippen LogP contribution in [0.15, 0.2) is 30.4 Å². The Hall–Kier alpha value is -2.42. The predicted molar refractivity (Wildman–Crippen MR) is 147 cm³/mol. The number of rotatable bonds is 9. The van der Waals surface area contributed by atoms with Crippen LogP contribution in [0, 0.1) is 18.8 Å². The summed E-state index contributed by atoms with van der Waals surface area (Å²) in [5.74, 6) is -2.14. The van der Waals surface area contributed by atoms with E-state index in [4.69, 9.17) is 16.3 Å². The maximum absolute atomic E-state index is 14.0. The van der Waals surface area contributed by atoms with Crippen molar-refractivity contribution < 1.29 is 19.1 Å². The molecule has 0 aromatic heterocycles. The fourth-order valence-corrected chi connectivity index (χ4v) is 6.90. The van der Waals surface area contributed by atoms with Gasteiger partial charge in [0, 0.05) is 29.8 Å². The van der Waals surface area contributed by atoms with Gasteiger partial charge in [0.25, 0.3) is 0 Å². The number of likely N-dealkylation sites (tertiary alicyclic amines) is 1. The minimum Gasteiger partial charge on any atom is -0.359 e. The van der Waals surface area contributed by atoms with Crippen molar-refractivity contribution in [2.75, 3.05) is 31.5 Å². The molecule has 1 aliphatic carbocycles. The molecule has 9 heteroatoms. The normalized spacial score (nSPS) is 30.2. The number of ether oxygens (including phenoxy) is 1. The van der Waals surface area contributed by atoms with E-state index in [9.17, 15) is 14.4 Å². The van der Waals surface area contributed by atoms with Crippen LogP contribution in [0.3, 0.4) is 0 Å². The standard InChI is InChI=1S/C29H39ClN4O4/c1-4-33(5-2)15-16-34-25(27(36)31-19-9-7-6-8-10-19)29-14-13-22(38-29)23(24(29)28(34)37)26(35)32-20-12-11-18(3)21(30)17-20/h11-14,17,19,22-25H,4-10,15-16H2,1-3H3,(H,31,36)(H,32,35). The van der Waals surface area contributed by atoms with E-state index >= 15 is 0 Å². The lowest BCUT2D eigenvalue weighted by atomic mass is 9.74. The van der Waals surface area contributed by atoms with Gasteiger partial charge in [-0.1, -0.05) is 62.9 Å². The molecule has 206 valence electrons. The molecule has 1 spiro atoms. The van der Waals surface area contributed by atoms with Crippen LogP contribution in [0.1, 0.15) is 51.5 Å². The quantitative estimate of drug-likeness (QED) is 0.466. The lowest BCUT2D eigenvalue weighted by Crippen LogP contribution is -2.57. The topological polar surface area (TPSA) is 91.0 Å². The zero-order chi connectivity index (χ0) is 27.0. The highest BCUT2D eigenvalue weighted by Crippen LogP contribution is 2.55. The van der Waals surface area contributed by atoms with Crippen molar-refractivity contribution in [2.24, 2.45) is 11.8 Å². The van der Waals surface area contributed by atoms with Crippen molar-refractivity contribution in [1.29, 1.82) is 0 Å². The summed E-state index contributed by atoms with van der Waals surface area (Å²) < 4.78 is 6.45. The smallest absolute Gasteiger partial charge is 0.246 e. The van der Waals surface area contributed by atoms with Gasteiger partial charge in [-0.25, -0.2) is 0 Å². The molecular formula is C29H39ClN4O4. The average Bonchev–Trinajstić information content (AvgIpc) is 3.55. The van der Waals surface area contributed by atoms with Crippen molar-refractivity contribution in [2.45, 2.75) is 76.7 Å². The number of fused-ring (bicyclic) bond motifs is 1. The van der Waals surface area contributed by atoms with E-state index in [1.165, 1.54) is 6.42 Å². The molecule has 38 heavy (non-hydrogen) atoms. The molecule has 5 atom stereocenters. The van der Waals surface area contributed by atoms with E-state index in [-0.39, 0.29) is 23.8 Å². The molecule has 4 aliphatic rings. The number of amides is 3. The molecule has 2 N–H and O–H groups in total. The monoisotopic (exact) mass is 542 g/mol. The number of carbonyl (C=O) groups is 3. The molecule has 0 radical (unpaired) electrons. The number of aryl methyl sites for hydroxylation is 1. The number of hydrogen-bond acceptors (Lipinski definition) is 5. The summed E-state index contributed by atoms with van der Waals surface area (Å²) in [4.78, 5) is 45.4. The van der Waals surface area contributed by atoms with Crippen LogP contribution in [0.25, 0.3) is 0 Å². The highest BCUT2D eigenvalue weighted by Gasteiger charge is 2.72. The molecule has 8 nitrogen and oxygen atoms in total. The minimum atomic E-state index is -1.14. The average molecular weight is 543 g/mol. The van der Waals surface area contributed by atoms with Gasteiger partial charge in [-0.3, -0.25) is 14.4 Å². The van der Waals surface area contributed by atoms with E-state index in [0.717, 1.165) is 44.3 Å². The Balaban J connectivity index is 1.42. The largest absolute Gasteiger partial charge is 0.359 e. The first-order valence-corrected chi connectivity index (χ1v) is 14.4. The summed E-state index contributed by atoms with van der Waals surface area (Å²) in [6.07, 6.45) is 8.44. The first-order chi connectivity index (χ1) is 18.3. The number of likely N-dealkylation sites (N-methyl/N-ethyl adjacent to an activating group) is 1. The number of halogens is 1. The minimum absolute atomic E-state index is 0.111. The molecule has 2 bridgehead atoms. The number of anilines is 1. The van der Waals surface area contributed by atoms with E-state index in [2.05, 4.69) is 29.4 Å². The second-order valence-electron chi connectivity index (χ2n) is 11.1. The highest BCUT2D eigenvalue weighted by atomic mass is 35.5. The molecule has 1 saturated carbocycles.